The zero-order valence-corrected chi connectivity index (χ0v) is 18.6. The van der Waals surface area contributed by atoms with Gasteiger partial charge >= 0.3 is 6.03 Å². The fourth-order valence-corrected chi connectivity index (χ4v) is 5.80. The third-order valence-corrected chi connectivity index (χ3v) is 9.03. The second-order valence-electron chi connectivity index (χ2n) is 8.30. The maximum absolute atomic E-state index is 12.9. The predicted octanol–water partition coefficient (Wildman–Crippen LogP) is 2.89. The Morgan fingerprint density at radius 1 is 1.47 bits per heavy atom. The molecule has 2 aliphatic carbocycles. The van der Waals surface area contributed by atoms with Crippen LogP contribution in [0.3, 0.4) is 0 Å². The number of aryl methyl sites for hydroxylation is 1. The quantitative estimate of drug-likeness (QED) is 0.536. The number of hydrogen-bond donors (Lipinski definition) is 4. The van der Waals surface area contributed by atoms with Gasteiger partial charge in [0.15, 0.2) is 9.92 Å². The number of nitrogens with zero attached hydrogens (tertiary/aromatic N) is 2. The van der Waals surface area contributed by atoms with Crippen LogP contribution in [0.15, 0.2) is 26.9 Å². The van der Waals surface area contributed by atoms with Crippen LogP contribution in [0.4, 0.5) is 10.5 Å². The van der Waals surface area contributed by atoms with Crippen LogP contribution in [-0.2, 0) is 28.4 Å². The summed E-state index contributed by atoms with van der Waals surface area (Å²) in [5.41, 5.74) is 2.60. The Bertz CT molecular complexity index is 1110. The van der Waals surface area contributed by atoms with Crippen LogP contribution in [0.2, 0.25) is 0 Å². The Labute approximate surface area is 179 Å². The minimum Gasteiger partial charge on any atom is -0.393 e. The fraction of sp³-hybridized carbons (Fsp3) is 0.500. The van der Waals surface area contributed by atoms with E-state index in [-0.39, 0.29) is 9.22 Å². The van der Waals surface area contributed by atoms with Gasteiger partial charge in [0.1, 0.15) is 14.8 Å². The Kier molecular flexibility index (Phi) is 5.48. The summed E-state index contributed by atoms with van der Waals surface area (Å²) in [6, 6.07) is 3.43. The zero-order chi connectivity index (χ0) is 21.7. The summed E-state index contributed by atoms with van der Waals surface area (Å²) in [5.74, 6) is 0.961. The summed E-state index contributed by atoms with van der Waals surface area (Å²) in [6.45, 7) is 3.00. The summed E-state index contributed by atoms with van der Waals surface area (Å²) in [4.78, 5) is 16.6. The molecule has 2 aromatic rings. The highest BCUT2D eigenvalue weighted by molar-refractivity contribution is 7.93. The lowest BCUT2D eigenvalue weighted by molar-refractivity contribution is -0.00244. The van der Waals surface area contributed by atoms with Gasteiger partial charge in [0, 0.05) is 5.69 Å². The van der Waals surface area contributed by atoms with Crippen LogP contribution < -0.4 is 10.5 Å². The molecule has 1 aromatic carbocycles. The molecule has 4 rings (SSSR count). The van der Waals surface area contributed by atoms with Gasteiger partial charge in [0.25, 0.3) is 0 Å². The predicted molar refractivity (Wildman–Crippen MR) is 116 cm³/mol. The lowest BCUT2D eigenvalue weighted by Gasteiger charge is -2.27. The van der Waals surface area contributed by atoms with Crippen molar-refractivity contribution >= 4 is 33.0 Å². The highest BCUT2D eigenvalue weighted by Crippen LogP contribution is 2.46. The number of amides is 2. The first-order chi connectivity index (χ1) is 14.1. The highest BCUT2D eigenvalue weighted by atomic mass is 32.2. The standard InChI is InChI=1S/C20H26N4O4S2/c1-11(12-3-4-12)14-7-5-13-6-8-15(13)17(14)23-19(26)24-30(21,28)16-9-22-18(29-16)20(2,27)10-25/h5,7,9,11-12,25,27H,3-4,6,8,10H2,1-2H3,(H3,21,23,24,26,28)/t11-,20-,30?/m1/s1. The molecule has 30 heavy (non-hydrogen) atoms. The molecule has 8 nitrogen and oxygen atoms in total. The molecule has 1 heterocycles. The van der Waals surface area contributed by atoms with Crippen molar-refractivity contribution in [2.75, 3.05) is 11.9 Å². The largest absolute Gasteiger partial charge is 0.393 e. The van der Waals surface area contributed by atoms with Gasteiger partial charge in [-0.2, -0.15) is 0 Å². The minimum absolute atomic E-state index is 0.0639. The first-order valence-electron chi connectivity index (χ1n) is 9.92. The van der Waals surface area contributed by atoms with E-state index in [0.717, 1.165) is 41.0 Å². The molecule has 3 atom stereocenters. The van der Waals surface area contributed by atoms with Crippen molar-refractivity contribution in [1.82, 2.24) is 4.98 Å². The smallest absolute Gasteiger partial charge is 0.354 e. The number of benzene rings is 1. The molecule has 2 aliphatic rings. The van der Waals surface area contributed by atoms with Gasteiger partial charge in [-0.1, -0.05) is 19.1 Å². The number of aliphatic hydroxyl groups is 2. The van der Waals surface area contributed by atoms with Gasteiger partial charge in [-0.3, -0.25) is 0 Å². The third kappa shape index (κ3) is 4.02. The molecular formula is C20H26N4O4S2. The second-order valence-corrected chi connectivity index (χ2v) is 11.3. The molecule has 1 saturated carbocycles. The van der Waals surface area contributed by atoms with Crippen molar-refractivity contribution in [2.24, 2.45) is 15.4 Å². The number of fused-ring (bicyclic) bond motifs is 1. The summed E-state index contributed by atoms with van der Waals surface area (Å²) < 4.78 is 16.7. The van der Waals surface area contributed by atoms with Crippen molar-refractivity contribution in [3.05, 3.63) is 40.0 Å². The molecular weight excluding hydrogens is 424 g/mol. The minimum atomic E-state index is -3.54. The Balaban J connectivity index is 1.61. The van der Waals surface area contributed by atoms with Crippen molar-refractivity contribution < 1.29 is 19.2 Å². The van der Waals surface area contributed by atoms with Crippen LogP contribution in [-0.4, -0.2) is 32.0 Å². The molecule has 0 saturated heterocycles. The molecule has 10 heteroatoms. The maximum atomic E-state index is 12.9. The van der Waals surface area contributed by atoms with E-state index in [0.29, 0.717) is 11.8 Å². The average molecular weight is 451 g/mol. The topological polar surface area (TPSA) is 138 Å². The van der Waals surface area contributed by atoms with Crippen molar-refractivity contribution in [2.45, 2.75) is 55.3 Å². The van der Waals surface area contributed by atoms with Crippen molar-refractivity contribution in [3.8, 4) is 0 Å². The third-order valence-electron chi connectivity index (χ3n) is 5.90. The van der Waals surface area contributed by atoms with Crippen LogP contribution in [0.25, 0.3) is 0 Å². The first kappa shape index (κ1) is 21.4. The number of anilines is 1. The van der Waals surface area contributed by atoms with E-state index < -0.39 is 28.2 Å². The maximum Gasteiger partial charge on any atom is 0.354 e. The fourth-order valence-electron chi connectivity index (χ4n) is 3.70. The molecule has 2 amide bonds. The molecule has 0 spiro atoms. The average Bonchev–Trinajstić information content (AvgIpc) is 3.36. The van der Waals surface area contributed by atoms with Crippen LogP contribution >= 0.6 is 11.3 Å². The van der Waals surface area contributed by atoms with E-state index in [9.17, 15) is 19.2 Å². The first-order valence-corrected chi connectivity index (χ1v) is 12.3. The SMILES string of the molecule is C[C@@H](c1ccc2c(c1NC(=O)N=S(N)(=O)c1cnc([C@](C)(O)CO)s1)CC2)C1CC1. The second kappa shape index (κ2) is 7.69. The number of aromatic nitrogens is 1. The van der Waals surface area contributed by atoms with Gasteiger partial charge in [-0.05, 0) is 61.1 Å². The zero-order valence-electron chi connectivity index (χ0n) is 16.9. The molecule has 0 aliphatic heterocycles. The van der Waals surface area contributed by atoms with E-state index in [2.05, 4.69) is 33.7 Å². The summed E-state index contributed by atoms with van der Waals surface area (Å²) >= 11 is 0.861. The molecule has 1 unspecified atom stereocenters. The van der Waals surface area contributed by atoms with Crippen LogP contribution in [0, 0.1) is 5.92 Å². The normalized spacial score (nSPS) is 20.3. The molecule has 5 N–H and O–H groups in total. The van der Waals surface area contributed by atoms with Gasteiger partial charge < -0.3 is 15.5 Å². The van der Waals surface area contributed by atoms with Crippen molar-refractivity contribution in [3.63, 3.8) is 0 Å². The van der Waals surface area contributed by atoms with E-state index >= 15 is 0 Å². The number of carbonyl (C=O) groups excluding carboxylic acids is 1. The van der Waals surface area contributed by atoms with E-state index in [1.165, 1.54) is 31.5 Å². The number of rotatable bonds is 6. The van der Waals surface area contributed by atoms with Gasteiger partial charge in [-0.15, -0.1) is 15.7 Å². The van der Waals surface area contributed by atoms with E-state index in [1.807, 2.05) is 0 Å². The number of thiazole rings is 1. The highest BCUT2D eigenvalue weighted by Gasteiger charge is 2.33. The number of hydrogen-bond acceptors (Lipinski definition) is 6. The number of aliphatic hydroxyl groups excluding tert-OH is 1. The number of nitrogens with two attached hydrogens (primary N) is 1. The molecule has 0 bridgehead atoms. The van der Waals surface area contributed by atoms with Gasteiger partial charge in [-0.25, -0.2) is 19.1 Å². The lowest BCUT2D eigenvalue weighted by atomic mass is 9.82. The lowest BCUT2D eigenvalue weighted by Crippen LogP contribution is -2.25. The van der Waals surface area contributed by atoms with Crippen LogP contribution in [0.1, 0.15) is 54.3 Å². The van der Waals surface area contributed by atoms with Crippen molar-refractivity contribution in [1.29, 1.82) is 0 Å². The Morgan fingerprint density at radius 2 is 2.20 bits per heavy atom. The summed E-state index contributed by atoms with van der Waals surface area (Å²) in [7, 11) is -3.54. The molecule has 162 valence electrons. The number of nitrogens with one attached hydrogen (secondary N) is 1. The van der Waals surface area contributed by atoms with Gasteiger partial charge in [0.05, 0.1) is 12.8 Å². The Morgan fingerprint density at radius 3 is 2.80 bits per heavy atom. The number of carbonyl (C=O) groups is 1. The molecule has 0 radical (unpaired) electrons. The van der Waals surface area contributed by atoms with E-state index in [1.54, 1.807) is 0 Å². The summed E-state index contributed by atoms with van der Waals surface area (Å²) in [5, 5.41) is 28.2. The monoisotopic (exact) mass is 450 g/mol. The number of urea groups is 1. The van der Waals surface area contributed by atoms with E-state index in [4.69, 9.17) is 5.14 Å². The van der Waals surface area contributed by atoms with Crippen LogP contribution in [0.5, 0.6) is 0 Å². The van der Waals surface area contributed by atoms with Gasteiger partial charge in [0.2, 0.25) is 0 Å². The molecule has 1 fully saturated rings. The summed E-state index contributed by atoms with van der Waals surface area (Å²) in [6.07, 6.45) is 5.48. The Hall–Kier alpha value is -1.85. The molecule has 1 aromatic heterocycles.